The molecule has 11 nitrogen and oxygen atoms in total. The lowest BCUT2D eigenvalue weighted by atomic mass is 10.1. The predicted molar refractivity (Wildman–Crippen MR) is 135 cm³/mol. The molecule has 0 saturated carbocycles. The summed E-state index contributed by atoms with van der Waals surface area (Å²) < 4.78 is 73.2. The Hall–Kier alpha value is -4.82. The van der Waals surface area contributed by atoms with Crippen LogP contribution in [0.3, 0.4) is 0 Å². The summed E-state index contributed by atoms with van der Waals surface area (Å²) in [6, 6.07) is 8.66. The third-order valence-corrected chi connectivity index (χ3v) is 5.62. The van der Waals surface area contributed by atoms with E-state index in [-0.39, 0.29) is 48.2 Å². The van der Waals surface area contributed by atoms with Gasteiger partial charge in [-0.25, -0.2) is 27.6 Å². The number of carbonyl (C=O) groups excluding carboxylic acids is 3. The number of phenolic OH excluding ortho intramolecular Hbond substituents is 1. The molecule has 42 heavy (non-hydrogen) atoms. The van der Waals surface area contributed by atoms with Gasteiger partial charge in [0, 0.05) is 17.7 Å². The third kappa shape index (κ3) is 7.67. The molecular weight excluding hydrogens is 569 g/mol. The van der Waals surface area contributed by atoms with E-state index in [4.69, 9.17) is 24.1 Å². The molecule has 0 unspecified atom stereocenters. The fourth-order valence-corrected chi connectivity index (χ4v) is 3.54. The smallest absolute Gasteiger partial charge is 0.340 e. The summed E-state index contributed by atoms with van der Waals surface area (Å²) >= 11 is 0. The Balaban J connectivity index is 0.000000174. The first-order chi connectivity index (χ1) is 20.1. The summed E-state index contributed by atoms with van der Waals surface area (Å²) in [7, 11) is 3.57. The van der Waals surface area contributed by atoms with E-state index in [1.54, 1.807) is 0 Å². The molecule has 1 N–H and O–H groups in total. The van der Waals surface area contributed by atoms with Crippen LogP contribution in [0.25, 0.3) is 0 Å². The van der Waals surface area contributed by atoms with E-state index in [1.807, 2.05) is 0 Å². The minimum atomic E-state index is -0.790. The Kier molecular flexibility index (Phi) is 11.1. The van der Waals surface area contributed by atoms with E-state index in [1.165, 1.54) is 44.6 Å². The molecule has 0 radical (unpaired) electrons. The Morgan fingerprint density at radius 1 is 0.690 bits per heavy atom. The van der Waals surface area contributed by atoms with Gasteiger partial charge in [-0.2, -0.15) is 0 Å². The number of hydrogen-bond donors (Lipinski definition) is 1. The average molecular weight is 594 g/mol. The Morgan fingerprint density at radius 2 is 1.24 bits per heavy atom. The van der Waals surface area contributed by atoms with Crippen molar-refractivity contribution in [1.29, 1.82) is 0 Å². The van der Waals surface area contributed by atoms with Gasteiger partial charge in [-0.1, -0.05) is 0 Å². The van der Waals surface area contributed by atoms with Gasteiger partial charge in [0.2, 0.25) is 0 Å². The number of fused-ring (bicyclic) bond motifs is 2. The highest BCUT2D eigenvalue weighted by atomic mass is 19.1. The zero-order valence-electron chi connectivity index (χ0n) is 22.5. The minimum Gasteiger partial charge on any atom is -0.508 e. The SMILES string of the molecule is COC(=O)c1cc2c(cc1F)OCOC2.COC(=O)c1ccc(O)cc1F.COC(=O)c1ccc2c(c1F)COCO2. The highest BCUT2D eigenvalue weighted by molar-refractivity contribution is 5.91. The van der Waals surface area contributed by atoms with Gasteiger partial charge in [0.25, 0.3) is 0 Å². The van der Waals surface area contributed by atoms with Gasteiger partial charge in [-0.3, -0.25) is 0 Å². The van der Waals surface area contributed by atoms with Gasteiger partial charge in [0.1, 0.15) is 34.7 Å². The van der Waals surface area contributed by atoms with Crippen LogP contribution < -0.4 is 9.47 Å². The molecule has 0 aliphatic carbocycles. The number of benzene rings is 3. The van der Waals surface area contributed by atoms with Crippen molar-refractivity contribution in [3.05, 3.63) is 87.7 Å². The predicted octanol–water partition coefficient (Wildman–Crippen LogP) is 4.28. The highest BCUT2D eigenvalue weighted by Crippen LogP contribution is 2.29. The van der Waals surface area contributed by atoms with E-state index in [9.17, 15) is 27.6 Å². The third-order valence-electron chi connectivity index (χ3n) is 5.62. The molecule has 0 spiro atoms. The topological polar surface area (TPSA) is 136 Å². The van der Waals surface area contributed by atoms with Crippen molar-refractivity contribution in [2.24, 2.45) is 0 Å². The molecule has 2 aliphatic rings. The quantitative estimate of drug-likeness (QED) is 0.344. The van der Waals surface area contributed by atoms with Gasteiger partial charge in [-0.15, -0.1) is 0 Å². The molecule has 0 amide bonds. The van der Waals surface area contributed by atoms with Crippen LogP contribution in [0.2, 0.25) is 0 Å². The number of hydrogen-bond acceptors (Lipinski definition) is 11. The lowest BCUT2D eigenvalue weighted by Crippen LogP contribution is -2.15. The molecule has 3 aromatic rings. The van der Waals surface area contributed by atoms with E-state index in [2.05, 4.69) is 14.2 Å². The Labute approximate surface area is 237 Å². The van der Waals surface area contributed by atoms with Crippen LogP contribution in [0.4, 0.5) is 13.2 Å². The largest absolute Gasteiger partial charge is 0.508 e. The molecule has 224 valence electrons. The fourth-order valence-electron chi connectivity index (χ4n) is 3.54. The maximum absolute atomic E-state index is 13.7. The van der Waals surface area contributed by atoms with Crippen molar-refractivity contribution in [3.8, 4) is 17.2 Å². The molecule has 2 heterocycles. The zero-order valence-corrected chi connectivity index (χ0v) is 22.5. The van der Waals surface area contributed by atoms with Gasteiger partial charge in [0.05, 0.1) is 56.8 Å². The summed E-state index contributed by atoms with van der Waals surface area (Å²) in [5.74, 6) is -3.66. The molecule has 0 atom stereocenters. The molecule has 0 saturated heterocycles. The minimum absolute atomic E-state index is 0.101. The highest BCUT2D eigenvalue weighted by Gasteiger charge is 2.22. The van der Waals surface area contributed by atoms with Crippen LogP contribution in [0.1, 0.15) is 42.2 Å². The number of methoxy groups -OCH3 is 3. The van der Waals surface area contributed by atoms with Crippen LogP contribution in [-0.2, 0) is 36.9 Å². The van der Waals surface area contributed by atoms with Crippen molar-refractivity contribution in [2.45, 2.75) is 13.2 Å². The first-order valence-corrected chi connectivity index (χ1v) is 11.9. The van der Waals surface area contributed by atoms with Crippen LogP contribution in [0.5, 0.6) is 17.2 Å². The standard InChI is InChI=1S/2C10H9FO4.C8H7FO3/c1-13-10(12)7-2-6-4-14-5-15-9(6)3-8(7)11;1-13-10(12)6-2-3-8-7(9(6)11)4-14-5-15-8;1-12-8(11)6-3-2-5(10)4-7(6)9/h2*2-3H,4-5H2,1H3;2-4,10H,1H3. The molecule has 0 fully saturated rings. The monoisotopic (exact) mass is 594 g/mol. The van der Waals surface area contributed by atoms with Gasteiger partial charge >= 0.3 is 17.9 Å². The zero-order chi connectivity index (χ0) is 30.8. The second-order valence-corrected chi connectivity index (χ2v) is 8.20. The molecular formula is C28H25F3O11. The fraction of sp³-hybridized carbons (Fsp3) is 0.250. The van der Waals surface area contributed by atoms with Gasteiger partial charge in [-0.05, 0) is 30.3 Å². The summed E-state index contributed by atoms with van der Waals surface area (Å²) in [6.07, 6.45) is 0. The summed E-state index contributed by atoms with van der Waals surface area (Å²) in [5.41, 5.74) is 0.498. The second kappa shape index (κ2) is 14.7. The van der Waals surface area contributed by atoms with Gasteiger partial charge < -0.3 is 38.3 Å². The van der Waals surface area contributed by atoms with Crippen molar-refractivity contribution in [3.63, 3.8) is 0 Å². The van der Waals surface area contributed by atoms with Crippen LogP contribution in [-0.4, -0.2) is 57.9 Å². The lowest BCUT2D eigenvalue weighted by molar-refractivity contribution is -0.0183. The van der Waals surface area contributed by atoms with Crippen molar-refractivity contribution < 1.29 is 65.8 Å². The Bertz CT molecular complexity index is 1440. The Morgan fingerprint density at radius 3 is 1.88 bits per heavy atom. The number of halogens is 3. The number of ether oxygens (including phenoxy) is 7. The molecule has 14 heteroatoms. The maximum Gasteiger partial charge on any atom is 0.340 e. The van der Waals surface area contributed by atoms with E-state index in [0.29, 0.717) is 23.7 Å². The molecule has 5 rings (SSSR count). The molecule has 3 aromatic carbocycles. The summed E-state index contributed by atoms with van der Waals surface area (Å²) in [4.78, 5) is 33.2. The number of carbonyl (C=O) groups is 3. The molecule has 2 aliphatic heterocycles. The second-order valence-electron chi connectivity index (χ2n) is 8.20. The van der Waals surface area contributed by atoms with Crippen molar-refractivity contribution >= 4 is 17.9 Å². The average Bonchev–Trinajstić information content (AvgIpc) is 3.00. The van der Waals surface area contributed by atoms with E-state index < -0.39 is 35.4 Å². The maximum atomic E-state index is 13.7. The summed E-state index contributed by atoms with van der Waals surface area (Å²) in [5, 5.41) is 8.80. The number of aromatic hydroxyl groups is 1. The van der Waals surface area contributed by atoms with E-state index >= 15 is 0 Å². The van der Waals surface area contributed by atoms with Crippen LogP contribution >= 0.6 is 0 Å². The van der Waals surface area contributed by atoms with Crippen LogP contribution in [0, 0.1) is 17.5 Å². The van der Waals surface area contributed by atoms with E-state index in [0.717, 1.165) is 19.2 Å². The first-order valence-electron chi connectivity index (χ1n) is 11.9. The first kappa shape index (κ1) is 31.7. The summed E-state index contributed by atoms with van der Waals surface area (Å²) in [6.45, 7) is 0.611. The number of rotatable bonds is 3. The number of esters is 3. The van der Waals surface area contributed by atoms with Gasteiger partial charge in [0.15, 0.2) is 13.6 Å². The lowest BCUT2D eigenvalue weighted by Gasteiger charge is -2.18. The molecule has 0 bridgehead atoms. The van der Waals surface area contributed by atoms with Crippen molar-refractivity contribution in [1.82, 2.24) is 0 Å². The normalized spacial score (nSPS) is 12.7. The van der Waals surface area contributed by atoms with Crippen molar-refractivity contribution in [2.75, 3.05) is 34.9 Å². The number of phenols is 1. The van der Waals surface area contributed by atoms with Crippen LogP contribution in [0.15, 0.2) is 42.5 Å². The molecule has 0 aromatic heterocycles.